The Morgan fingerprint density at radius 3 is 2.97 bits per heavy atom. The van der Waals surface area contributed by atoms with Gasteiger partial charge in [0.15, 0.2) is 5.82 Å². The Hall–Kier alpha value is -2.62. The lowest BCUT2D eigenvalue weighted by Gasteiger charge is -2.23. The van der Waals surface area contributed by atoms with Crippen LogP contribution in [0.2, 0.25) is 5.02 Å². The Labute approximate surface area is 181 Å². The van der Waals surface area contributed by atoms with Gasteiger partial charge in [0.05, 0.1) is 27.5 Å². The first kappa shape index (κ1) is 19.3. The van der Waals surface area contributed by atoms with E-state index in [-0.39, 0.29) is 11.6 Å². The molecule has 1 aliphatic carbocycles. The number of halogens is 1. The SMILES string of the molecule is NCCCn1c([C@@H](Nc2ncnc3scnc23)C2CC2)nc2cccc(Cl)c2c1=O. The number of anilines is 1. The first-order valence-electron chi connectivity index (χ1n) is 9.87. The number of thiazole rings is 1. The zero-order chi connectivity index (χ0) is 20.7. The summed E-state index contributed by atoms with van der Waals surface area (Å²) < 4.78 is 1.72. The number of hydrogen-bond donors (Lipinski definition) is 2. The van der Waals surface area contributed by atoms with Gasteiger partial charge < -0.3 is 11.1 Å². The lowest BCUT2D eigenvalue weighted by Crippen LogP contribution is -2.31. The standard InChI is InChI=1S/C20H20ClN7OS/c21-12-3-1-4-13-14(12)20(29)28(8-2-7-22)18(26-13)15(11-5-6-11)27-17-16-19(24-9-23-17)30-10-25-16/h1,3-4,9-11,15H,2,5-8,22H2,(H,23,24,27)/t15-/m0/s1. The summed E-state index contributed by atoms with van der Waals surface area (Å²) in [5, 5.41) is 4.37. The van der Waals surface area contributed by atoms with Gasteiger partial charge in [-0.1, -0.05) is 17.7 Å². The molecule has 0 amide bonds. The third-order valence-electron chi connectivity index (χ3n) is 5.35. The minimum atomic E-state index is -0.168. The summed E-state index contributed by atoms with van der Waals surface area (Å²) >= 11 is 7.81. The van der Waals surface area contributed by atoms with Crippen molar-refractivity contribution in [1.29, 1.82) is 0 Å². The van der Waals surface area contributed by atoms with Crippen LogP contribution in [-0.2, 0) is 6.54 Å². The molecule has 1 atom stereocenters. The van der Waals surface area contributed by atoms with E-state index in [4.69, 9.17) is 22.3 Å². The van der Waals surface area contributed by atoms with E-state index in [2.05, 4.69) is 20.3 Å². The molecule has 0 spiro atoms. The fourth-order valence-electron chi connectivity index (χ4n) is 3.71. The maximum atomic E-state index is 13.4. The molecule has 3 heterocycles. The van der Waals surface area contributed by atoms with Crippen molar-refractivity contribution in [2.75, 3.05) is 11.9 Å². The van der Waals surface area contributed by atoms with E-state index in [1.165, 1.54) is 17.7 Å². The molecule has 1 saturated carbocycles. The van der Waals surface area contributed by atoms with Crippen molar-refractivity contribution >= 4 is 50.0 Å². The highest BCUT2D eigenvalue weighted by Gasteiger charge is 2.36. The van der Waals surface area contributed by atoms with Crippen molar-refractivity contribution in [2.24, 2.45) is 11.7 Å². The molecule has 30 heavy (non-hydrogen) atoms. The van der Waals surface area contributed by atoms with Crippen LogP contribution in [0.15, 0.2) is 34.8 Å². The monoisotopic (exact) mass is 441 g/mol. The summed E-state index contributed by atoms with van der Waals surface area (Å²) in [5.74, 6) is 1.71. The molecular formula is C20H20ClN7OS. The minimum absolute atomic E-state index is 0.136. The van der Waals surface area contributed by atoms with E-state index in [9.17, 15) is 4.79 Å². The predicted octanol–water partition coefficient (Wildman–Crippen LogP) is 3.36. The summed E-state index contributed by atoms with van der Waals surface area (Å²) in [6.07, 6.45) is 4.32. The van der Waals surface area contributed by atoms with Crippen LogP contribution in [0.25, 0.3) is 21.3 Å². The first-order valence-corrected chi connectivity index (χ1v) is 11.1. The van der Waals surface area contributed by atoms with Gasteiger partial charge in [0.25, 0.3) is 5.56 Å². The van der Waals surface area contributed by atoms with Crippen LogP contribution in [0.4, 0.5) is 5.82 Å². The van der Waals surface area contributed by atoms with Crippen molar-refractivity contribution in [3.8, 4) is 0 Å². The summed E-state index contributed by atoms with van der Waals surface area (Å²) in [4.78, 5) is 32.2. The average molecular weight is 442 g/mol. The molecular weight excluding hydrogens is 422 g/mol. The van der Waals surface area contributed by atoms with Crippen molar-refractivity contribution in [3.05, 3.63) is 51.2 Å². The summed E-state index contributed by atoms with van der Waals surface area (Å²) in [5.41, 5.74) is 8.68. The van der Waals surface area contributed by atoms with Gasteiger partial charge in [0.2, 0.25) is 0 Å². The zero-order valence-corrected chi connectivity index (χ0v) is 17.7. The predicted molar refractivity (Wildman–Crippen MR) is 119 cm³/mol. The topological polar surface area (TPSA) is 112 Å². The second kappa shape index (κ2) is 7.90. The Balaban J connectivity index is 1.66. The Morgan fingerprint density at radius 2 is 2.17 bits per heavy atom. The molecule has 3 N–H and O–H groups in total. The molecule has 5 rings (SSSR count). The van der Waals surface area contributed by atoms with Gasteiger partial charge in [-0.2, -0.15) is 0 Å². The number of rotatable bonds is 7. The Kier molecular flexibility index (Phi) is 5.10. The molecule has 1 aliphatic rings. The number of aromatic nitrogens is 5. The van der Waals surface area contributed by atoms with Crippen LogP contribution in [0, 0.1) is 5.92 Å². The maximum Gasteiger partial charge on any atom is 0.262 e. The van der Waals surface area contributed by atoms with E-state index in [0.29, 0.717) is 53.0 Å². The highest BCUT2D eigenvalue weighted by atomic mass is 35.5. The molecule has 4 aromatic rings. The maximum absolute atomic E-state index is 13.4. The normalized spacial score (nSPS) is 15.0. The lowest BCUT2D eigenvalue weighted by atomic mass is 10.1. The number of nitrogens with zero attached hydrogens (tertiary/aromatic N) is 5. The molecule has 0 radical (unpaired) electrons. The number of benzene rings is 1. The molecule has 8 nitrogen and oxygen atoms in total. The molecule has 1 fully saturated rings. The second-order valence-electron chi connectivity index (χ2n) is 7.39. The van der Waals surface area contributed by atoms with Gasteiger partial charge in [-0.3, -0.25) is 9.36 Å². The van der Waals surface area contributed by atoms with Gasteiger partial charge in [0, 0.05) is 6.54 Å². The van der Waals surface area contributed by atoms with E-state index in [1.54, 1.807) is 16.1 Å². The van der Waals surface area contributed by atoms with Crippen LogP contribution in [0.3, 0.4) is 0 Å². The summed E-state index contributed by atoms with van der Waals surface area (Å²) in [6.45, 7) is 0.971. The van der Waals surface area contributed by atoms with Gasteiger partial charge in [-0.05, 0) is 43.9 Å². The van der Waals surface area contributed by atoms with E-state index in [1.807, 2.05) is 12.1 Å². The number of fused-ring (bicyclic) bond motifs is 2. The van der Waals surface area contributed by atoms with Crippen molar-refractivity contribution in [3.63, 3.8) is 0 Å². The highest BCUT2D eigenvalue weighted by molar-refractivity contribution is 7.16. The van der Waals surface area contributed by atoms with Crippen LogP contribution in [0.1, 0.15) is 31.1 Å². The average Bonchev–Trinajstić information content (AvgIpc) is 3.47. The molecule has 0 aliphatic heterocycles. The minimum Gasteiger partial charge on any atom is -0.358 e. The van der Waals surface area contributed by atoms with Crippen LogP contribution >= 0.6 is 22.9 Å². The number of hydrogen-bond acceptors (Lipinski definition) is 8. The third kappa shape index (κ3) is 3.42. The molecule has 10 heteroatoms. The third-order valence-corrected chi connectivity index (χ3v) is 6.39. The molecule has 0 bridgehead atoms. The van der Waals surface area contributed by atoms with Gasteiger partial charge in [0.1, 0.15) is 22.5 Å². The van der Waals surface area contributed by atoms with Crippen LogP contribution in [-0.4, -0.2) is 31.0 Å². The van der Waals surface area contributed by atoms with Crippen LogP contribution in [0.5, 0.6) is 0 Å². The Morgan fingerprint density at radius 1 is 1.30 bits per heavy atom. The fraction of sp³-hybridized carbons (Fsp3) is 0.350. The molecule has 0 saturated heterocycles. The van der Waals surface area contributed by atoms with Crippen molar-refractivity contribution in [2.45, 2.75) is 31.8 Å². The van der Waals surface area contributed by atoms with E-state index >= 15 is 0 Å². The molecule has 3 aromatic heterocycles. The smallest absolute Gasteiger partial charge is 0.262 e. The van der Waals surface area contributed by atoms with Crippen LogP contribution < -0.4 is 16.6 Å². The number of nitrogens with one attached hydrogen (secondary N) is 1. The second-order valence-corrected chi connectivity index (χ2v) is 8.63. The van der Waals surface area contributed by atoms with Crippen molar-refractivity contribution in [1.82, 2.24) is 24.5 Å². The first-order chi connectivity index (χ1) is 14.7. The quantitative estimate of drug-likeness (QED) is 0.452. The van der Waals surface area contributed by atoms with E-state index in [0.717, 1.165) is 23.2 Å². The van der Waals surface area contributed by atoms with Gasteiger partial charge in [-0.25, -0.2) is 19.9 Å². The fourth-order valence-corrected chi connectivity index (χ4v) is 4.59. The zero-order valence-electron chi connectivity index (χ0n) is 16.1. The summed E-state index contributed by atoms with van der Waals surface area (Å²) in [7, 11) is 0. The van der Waals surface area contributed by atoms with Crippen molar-refractivity contribution < 1.29 is 0 Å². The van der Waals surface area contributed by atoms with Gasteiger partial charge in [-0.15, -0.1) is 11.3 Å². The summed E-state index contributed by atoms with van der Waals surface area (Å²) in [6, 6.07) is 5.19. The molecule has 154 valence electrons. The molecule has 1 aromatic carbocycles. The lowest BCUT2D eigenvalue weighted by molar-refractivity contribution is 0.531. The Bertz CT molecular complexity index is 1280. The largest absolute Gasteiger partial charge is 0.358 e. The van der Waals surface area contributed by atoms with Gasteiger partial charge >= 0.3 is 0 Å². The highest BCUT2D eigenvalue weighted by Crippen LogP contribution is 2.43. The van der Waals surface area contributed by atoms with E-state index < -0.39 is 0 Å². The molecule has 0 unspecified atom stereocenters. The number of nitrogens with two attached hydrogens (primary N) is 1.